The van der Waals surface area contributed by atoms with Crippen LogP contribution < -0.4 is 10.6 Å². The summed E-state index contributed by atoms with van der Waals surface area (Å²) >= 11 is 3.46. The van der Waals surface area contributed by atoms with E-state index in [0.717, 1.165) is 22.9 Å². The van der Waals surface area contributed by atoms with Gasteiger partial charge < -0.3 is 10.1 Å². The van der Waals surface area contributed by atoms with Crippen molar-refractivity contribution in [2.45, 2.75) is 25.8 Å². The maximum Gasteiger partial charge on any atom is 0.413 e. The van der Waals surface area contributed by atoms with Gasteiger partial charge in [-0.1, -0.05) is 35.0 Å². The number of benzene rings is 1. The van der Waals surface area contributed by atoms with Gasteiger partial charge in [0.2, 0.25) is 5.96 Å². The van der Waals surface area contributed by atoms with Crippen LogP contribution in [0.3, 0.4) is 0 Å². The minimum Gasteiger partial charge on any atom is -0.449 e. The van der Waals surface area contributed by atoms with Gasteiger partial charge in [-0.15, -0.1) is 0 Å². The molecule has 1 aromatic carbocycles. The third kappa shape index (κ3) is 4.23. The van der Waals surface area contributed by atoms with Gasteiger partial charge in [-0.05, 0) is 30.5 Å². The lowest BCUT2D eigenvalue weighted by atomic mass is 10.0. The second kappa shape index (κ2) is 7.28. The molecule has 0 saturated heterocycles. The first kappa shape index (κ1) is 14.8. The number of aliphatic imine (C=N–C) groups is 1. The highest BCUT2D eigenvalue weighted by atomic mass is 79.9. The number of nitrogens with zero attached hydrogens (tertiary/aromatic N) is 1. The maximum atomic E-state index is 11.5. The van der Waals surface area contributed by atoms with Gasteiger partial charge in [0.05, 0.1) is 12.6 Å². The van der Waals surface area contributed by atoms with Crippen molar-refractivity contribution in [1.29, 1.82) is 0 Å². The molecule has 1 atom stereocenters. The normalized spacial score (nSPS) is 17.9. The average Bonchev–Trinajstić information content (AvgIpc) is 2.45. The van der Waals surface area contributed by atoms with Crippen LogP contribution in [0, 0.1) is 0 Å². The number of hydrogen-bond donors (Lipinski definition) is 2. The van der Waals surface area contributed by atoms with E-state index in [9.17, 15) is 4.79 Å². The molecule has 0 aliphatic carbocycles. The van der Waals surface area contributed by atoms with Gasteiger partial charge in [-0.2, -0.15) is 0 Å². The van der Waals surface area contributed by atoms with E-state index in [1.807, 2.05) is 19.1 Å². The maximum absolute atomic E-state index is 11.5. The number of ether oxygens (including phenoxy) is 1. The Kier molecular flexibility index (Phi) is 5.40. The summed E-state index contributed by atoms with van der Waals surface area (Å²) in [7, 11) is 0. The minimum atomic E-state index is -0.465. The largest absolute Gasteiger partial charge is 0.449 e. The molecule has 1 aliphatic rings. The monoisotopic (exact) mass is 339 g/mol. The molecule has 1 aliphatic heterocycles. The summed E-state index contributed by atoms with van der Waals surface area (Å²) in [4.78, 5) is 15.8. The van der Waals surface area contributed by atoms with Crippen LogP contribution in [-0.4, -0.2) is 25.2 Å². The molecule has 20 heavy (non-hydrogen) atoms. The zero-order valence-electron chi connectivity index (χ0n) is 11.4. The second-order valence-corrected chi connectivity index (χ2v) is 5.45. The van der Waals surface area contributed by atoms with Gasteiger partial charge in [-0.3, -0.25) is 10.3 Å². The molecule has 0 aromatic heterocycles. The lowest BCUT2D eigenvalue weighted by molar-refractivity contribution is 0.151. The van der Waals surface area contributed by atoms with Crippen LogP contribution in [0.1, 0.15) is 31.4 Å². The molecule has 108 valence electrons. The Morgan fingerprint density at radius 1 is 1.60 bits per heavy atom. The highest BCUT2D eigenvalue weighted by molar-refractivity contribution is 9.10. The molecule has 5 nitrogen and oxygen atoms in total. The van der Waals surface area contributed by atoms with Crippen LogP contribution in [0.4, 0.5) is 4.79 Å². The van der Waals surface area contributed by atoms with E-state index in [2.05, 4.69) is 43.7 Å². The third-order valence-electron chi connectivity index (χ3n) is 2.91. The topological polar surface area (TPSA) is 62.7 Å². The number of carbonyl (C=O) groups is 1. The molecule has 1 amide bonds. The lowest BCUT2D eigenvalue weighted by Gasteiger charge is -2.25. The van der Waals surface area contributed by atoms with Crippen LogP contribution in [0.2, 0.25) is 0 Å². The molecular formula is C14H18BrN3O2. The first-order valence-electron chi connectivity index (χ1n) is 6.69. The van der Waals surface area contributed by atoms with Gasteiger partial charge in [-0.25, -0.2) is 4.79 Å². The average molecular weight is 340 g/mol. The molecule has 1 aromatic rings. The molecule has 0 spiro atoms. The molecule has 1 unspecified atom stereocenters. The van der Waals surface area contributed by atoms with Crippen molar-refractivity contribution >= 4 is 28.0 Å². The fourth-order valence-electron chi connectivity index (χ4n) is 1.96. The van der Waals surface area contributed by atoms with Crippen LogP contribution in [0.5, 0.6) is 0 Å². The van der Waals surface area contributed by atoms with Crippen molar-refractivity contribution in [3.63, 3.8) is 0 Å². The summed E-state index contributed by atoms with van der Waals surface area (Å²) in [6.07, 6.45) is 1.23. The fourth-order valence-corrected chi connectivity index (χ4v) is 2.38. The van der Waals surface area contributed by atoms with E-state index in [1.54, 1.807) is 0 Å². The Balaban J connectivity index is 1.94. The highest BCUT2D eigenvalue weighted by Gasteiger charge is 2.19. The summed E-state index contributed by atoms with van der Waals surface area (Å²) in [5.74, 6) is 0.474. The van der Waals surface area contributed by atoms with Crippen molar-refractivity contribution in [1.82, 2.24) is 10.6 Å². The zero-order valence-corrected chi connectivity index (χ0v) is 12.9. The van der Waals surface area contributed by atoms with Crippen LogP contribution in [0.25, 0.3) is 0 Å². The Hall–Kier alpha value is -1.56. The number of hydrogen-bond acceptors (Lipinski definition) is 4. The summed E-state index contributed by atoms with van der Waals surface area (Å²) < 4.78 is 6.01. The molecule has 0 saturated carbocycles. The van der Waals surface area contributed by atoms with Gasteiger partial charge in [0.15, 0.2) is 0 Å². The first-order valence-corrected chi connectivity index (χ1v) is 7.48. The molecular weight excluding hydrogens is 322 g/mol. The molecule has 0 bridgehead atoms. The number of guanidine groups is 1. The van der Waals surface area contributed by atoms with E-state index < -0.39 is 6.09 Å². The Bertz CT molecular complexity index is 505. The summed E-state index contributed by atoms with van der Waals surface area (Å²) in [6, 6.07) is 8.25. The van der Waals surface area contributed by atoms with Crippen molar-refractivity contribution in [3.8, 4) is 0 Å². The summed E-state index contributed by atoms with van der Waals surface area (Å²) in [6.45, 7) is 3.04. The number of halogens is 1. The van der Waals surface area contributed by atoms with Crippen molar-refractivity contribution in [2.75, 3.05) is 13.2 Å². The number of rotatable bonds is 3. The summed E-state index contributed by atoms with van der Waals surface area (Å²) in [5.41, 5.74) is 1.16. The highest BCUT2D eigenvalue weighted by Crippen LogP contribution is 2.22. The van der Waals surface area contributed by atoms with Crippen molar-refractivity contribution in [3.05, 3.63) is 34.3 Å². The Morgan fingerprint density at radius 3 is 3.20 bits per heavy atom. The predicted molar refractivity (Wildman–Crippen MR) is 81.7 cm³/mol. The van der Waals surface area contributed by atoms with Gasteiger partial charge in [0.1, 0.15) is 0 Å². The van der Waals surface area contributed by atoms with Crippen molar-refractivity contribution < 1.29 is 9.53 Å². The Labute approximate surface area is 126 Å². The zero-order chi connectivity index (χ0) is 14.4. The summed E-state index contributed by atoms with van der Waals surface area (Å²) in [5, 5.41) is 5.86. The molecule has 0 radical (unpaired) electrons. The second-order valence-electron chi connectivity index (χ2n) is 4.53. The predicted octanol–water partition coefficient (Wildman–Crippen LogP) is 2.98. The number of alkyl carbamates (subject to hydrolysis) is 1. The fraction of sp³-hybridized carbons (Fsp3) is 0.429. The number of carbonyl (C=O) groups excluding carboxylic acids is 1. The smallest absolute Gasteiger partial charge is 0.413 e. The van der Waals surface area contributed by atoms with Crippen LogP contribution in [-0.2, 0) is 4.74 Å². The van der Waals surface area contributed by atoms with Crippen LogP contribution >= 0.6 is 15.9 Å². The van der Waals surface area contributed by atoms with Gasteiger partial charge in [0, 0.05) is 11.0 Å². The molecule has 6 heteroatoms. The molecule has 0 fully saturated rings. The van der Waals surface area contributed by atoms with E-state index in [4.69, 9.17) is 4.74 Å². The minimum absolute atomic E-state index is 0.145. The molecule has 2 rings (SSSR count). The molecule has 1 heterocycles. The number of amides is 1. The van der Waals surface area contributed by atoms with Gasteiger partial charge >= 0.3 is 6.09 Å². The van der Waals surface area contributed by atoms with Crippen molar-refractivity contribution in [2.24, 2.45) is 4.99 Å². The Morgan fingerprint density at radius 2 is 2.45 bits per heavy atom. The van der Waals surface area contributed by atoms with E-state index in [0.29, 0.717) is 19.1 Å². The van der Waals surface area contributed by atoms with E-state index >= 15 is 0 Å². The number of nitrogens with one attached hydrogen (secondary N) is 2. The third-order valence-corrected chi connectivity index (χ3v) is 3.40. The van der Waals surface area contributed by atoms with Gasteiger partial charge in [0.25, 0.3) is 0 Å². The standard InChI is InChI=1S/C14H18BrN3O2/c1-2-8-20-14(19)18-13-16-7-6-12(17-13)10-4-3-5-11(15)9-10/h3-5,9,12H,2,6-8H2,1H3,(H2,16,17,18,19). The quantitative estimate of drug-likeness (QED) is 0.889. The lowest BCUT2D eigenvalue weighted by Crippen LogP contribution is -2.45. The van der Waals surface area contributed by atoms with E-state index in [1.165, 1.54) is 0 Å². The SMILES string of the molecule is CCCOC(=O)NC1=NCCC(c2cccc(Br)c2)N1. The van der Waals surface area contributed by atoms with E-state index in [-0.39, 0.29) is 6.04 Å². The van der Waals surface area contributed by atoms with Crippen LogP contribution in [0.15, 0.2) is 33.7 Å². The molecule has 2 N–H and O–H groups in total. The first-order chi connectivity index (χ1) is 9.69.